The number of nitrogens with one attached hydrogen (secondary N) is 1. The number of aliphatic hydroxyl groups is 1. The molecule has 1 atom stereocenters. The summed E-state index contributed by atoms with van der Waals surface area (Å²) in [4.78, 5) is 8.45. The molecule has 24 heavy (non-hydrogen) atoms. The van der Waals surface area contributed by atoms with Crippen LogP contribution in [0.25, 0.3) is 5.78 Å². The maximum Gasteiger partial charge on any atom is 0.254 e. The zero-order chi connectivity index (χ0) is 17.2. The van der Waals surface area contributed by atoms with Gasteiger partial charge in [0.05, 0.1) is 12.3 Å². The number of ether oxygens (including phenoxy) is 1. The van der Waals surface area contributed by atoms with Gasteiger partial charge >= 0.3 is 0 Å². The average molecular weight is 348 g/mol. The Morgan fingerprint density at radius 1 is 1.38 bits per heavy atom. The van der Waals surface area contributed by atoms with Gasteiger partial charge in [0, 0.05) is 24.7 Å². The third-order valence-corrected chi connectivity index (χ3v) is 3.89. The second-order valence-corrected chi connectivity index (χ2v) is 6.11. The molecule has 0 spiro atoms. The molecule has 0 saturated carbocycles. The fraction of sp³-hybridized carbons (Fsp3) is 0.312. The predicted octanol–water partition coefficient (Wildman–Crippen LogP) is 2.24. The van der Waals surface area contributed by atoms with E-state index in [4.69, 9.17) is 16.3 Å². The molecule has 0 fully saturated rings. The molecular weight excluding hydrogens is 330 g/mol. The highest BCUT2D eigenvalue weighted by atomic mass is 35.5. The number of fused-ring (bicyclic) bond motifs is 1. The van der Waals surface area contributed by atoms with Crippen molar-refractivity contribution in [3.8, 4) is 0 Å². The number of nitrogens with zero attached hydrogens (tertiary/aromatic N) is 4. The molecule has 0 saturated heterocycles. The predicted molar refractivity (Wildman–Crippen MR) is 91.0 cm³/mol. The Kier molecular flexibility index (Phi) is 4.66. The van der Waals surface area contributed by atoms with Crippen LogP contribution in [0.2, 0.25) is 5.02 Å². The molecule has 1 aromatic carbocycles. The Balaban J connectivity index is 1.85. The Bertz CT molecular complexity index is 849. The van der Waals surface area contributed by atoms with Gasteiger partial charge in [-0.25, -0.2) is 4.98 Å². The molecule has 7 nitrogen and oxygen atoms in total. The van der Waals surface area contributed by atoms with Crippen molar-refractivity contribution in [2.75, 3.05) is 19.0 Å². The van der Waals surface area contributed by atoms with Gasteiger partial charge in [0.1, 0.15) is 17.7 Å². The lowest BCUT2D eigenvalue weighted by atomic mass is 9.96. The Morgan fingerprint density at radius 3 is 2.96 bits per heavy atom. The Morgan fingerprint density at radius 2 is 2.21 bits per heavy atom. The van der Waals surface area contributed by atoms with Gasteiger partial charge in [0.25, 0.3) is 5.78 Å². The minimum Gasteiger partial charge on any atom is -0.384 e. The van der Waals surface area contributed by atoms with Crippen molar-refractivity contribution in [1.82, 2.24) is 19.6 Å². The molecule has 2 N–H and O–H groups in total. The molecule has 0 aliphatic heterocycles. The molecule has 3 aromatic rings. The lowest BCUT2D eigenvalue weighted by molar-refractivity contribution is 0.0714. The van der Waals surface area contributed by atoms with Gasteiger partial charge in [0.2, 0.25) is 0 Å². The summed E-state index contributed by atoms with van der Waals surface area (Å²) < 4.78 is 6.70. The van der Waals surface area contributed by atoms with E-state index in [1.54, 1.807) is 30.7 Å². The van der Waals surface area contributed by atoms with Gasteiger partial charge in [-0.2, -0.15) is 14.6 Å². The zero-order valence-corrected chi connectivity index (χ0v) is 14.2. The van der Waals surface area contributed by atoms with Gasteiger partial charge in [0.15, 0.2) is 0 Å². The summed E-state index contributed by atoms with van der Waals surface area (Å²) >= 11 is 6.01. The summed E-state index contributed by atoms with van der Waals surface area (Å²) in [5.41, 5.74) is 0.342. The Hall–Kier alpha value is -2.22. The first-order valence-corrected chi connectivity index (χ1v) is 7.78. The van der Waals surface area contributed by atoms with Crippen LogP contribution in [0.15, 0.2) is 36.7 Å². The van der Waals surface area contributed by atoms with Crippen LogP contribution in [-0.2, 0) is 16.9 Å². The molecule has 2 aromatic heterocycles. The highest BCUT2D eigenvalue weighted by Gasteiger charge is 2.23. The molecule has 2 heterocycles. The average Bonchev–Trinajstić information content (AvgIpc) is 3.01. The molecule has 8 heteroatoms. The van der Waals surface area contributed by atoms with E-state index in [1.165, 1.54) is 6.33 Å². The van der Waals surface area contributed by atoms with Crippen molar-refractivity contribution < 1.29 is 9.84 Å². The van der Waals surface area contributed by atoms with E-state index in [9.17, 15) is 5.11 Å². The molecule has 1 unspecified atom stereocenters. The van der Waals surface area contributed by atoms with Gasteiger partial charge in [-0.15, -0.1) is 0 Å². The second-order valence-electron chi connectivity index (χ2n) is 5.68. The fourth-order valence-electron chi connectivity index (χ4n) is 2.40. The highest BCUT2D eigenvalue weighted by molar-refractivity contribution is 6.30. The number of halogens is 1. The number of hydrogen-bond acceptors (Lipinski definition) is 6. The van der Waals surface area contributed by atoms with Gasteiger partial charge in [-0.05, 0) is 24.6 Å². The largest absolute Gasteiger partial charge is 0.384 e. The van der Waals surface area contributed by atoms with Crippen LogP contribution < -0.4 is 5.32 Å². The van der Waals surface area contributed by atoms with Crippen LogP contribution in [0.3, 0.4) is 0 Å². The standard InChI is InChI=1S/C16H18ClN5O2/c1-16(23,11-4-3-5-12(17)6-11)9-18-14-7-13(8-24-2)21-15-19-10-20-22(14)15/h3-7,10,18,23H,8-9H2,1-2H3. The third-order valence-electron chi connectivity index (χ3n) is 3.66. The smallest absolute Gasteiger partial charge is 0.254 e. The van der Waals surface area contributed by atoms with Crippen molar-refractivity contribution in [3.05, 3.63) is 52.9 Å². The number of rotatable bonds is 6. The molecule has 0 aliphatic rings. The van der Waals surface area contributed by atoms with Crippen molar-refractivity contribution >= 4 is 23.2 Å². The topological polar surface area (TPSA) is 84.6 Å². The van der Waals surface area contributed by atoms with E-state index < -0.39 is 5.60 Å². The van der Waals surface area contributed by atoms with Crippen LogP contribution >= 0.6 is 11.6 Å². The monoisotopic (exact) mass is 347 g/mol. The van der Waals surface area contributed by atoms with Gasteiger partial charge in [-0.1, -0.05) is 23.7 Å². The molecule has 0 amide bonds. The van der Waals surface area contributed by atoms with E-state index in [0.29, 0.717) is 23.2 Å². The molecule has 0 radical (unpaired) electrons. The van der Waals surface area contributed by atoms with Crippen LogP contribution in [0.4, 0.5) is 5.82 Å². The first-order valence-electron chi connectivity index (χ1n) is 7.40. The van der Waals surface area contributed by atoms with Crippen LogP contribution in [0.5, 0.6) is 0 Å². The normalized spacial score (nSPS) is 13.8. The highest BCUT2D eigenvalue weighted by Crippen LogP contribution is 2.24. The molecule has 0 bridgehead atoms. The number of aromatic nitrogens is 4. The summed E-state index contributed by atoms with van der Waals surface area (Å²) in [7, 11) is 1.60. The number of methoxy groups -OCH3 is 1. The van der Waals surface area contributed by atoms with E-state index in [2.05, 4.69) is 20.4 Å². The summed E-state index contributed by atoms with van der Waals surface area (Å²) in [5, 5.41) is 18.7. The lowest BCUT2D eigenvalue weighted by Crippen LogP contribution is -2.31. The van der Waals surface area contributed by atoms with Gasteiger partial charge < -0.3 is 15.2 Å². The Labute approximate surface area is 144 Å². The summed E-state index contributed by atoms with van der Waals surface area (Å²) in [6.07, 6.45) is 1.43. The minimum atomic E-state index is -1.11. The number of benzene rings is 1. The number of hydrogen-bond donors (Lipinski definition) is 2. The van der Waals surface area contributed by atoms with Crippen LogP contribution in [0.1, 0.15) is 18.2 Å². The molecule has 126 valence electrons. The summed E-state index contributed by atoms with van der Waals surface area (Å²) in [6.45, 7) is 2.35. The summed E-state index contributed by atoms with van der Waals surface area (Å²) in [6, 6.07) is 8.98. The fourth-order valence-corrected chi connectivity index (χ4v) is 2.59. The lowest BCUT2D eigenvalue weighted by Gasteiger charge is -2.25. The van der Waals surface area contributed by atoms with Crippen molar-refractivity contribution in [2.45, 2.75) is 19.1 Å². The maximum absolute atomic E-state index is 10.8. The van der Waals surface area contributed by atoms with E-state index in [1.807, 2.05) is 18.2 Å². The molecule has 0 aliphatic carbocycles. The van der Waals surface area contributed by atoms with Gasteiger partial charge in [-0.3, -0.25) is 0 Å². The van der Waals surface area contributed by atoms with Crippen molar-refractivity contribution in [1.29, 1.82) is 0 Å². The SMILES string of the molecule is COCc1cc(NCC(C)(O)c2cccc(Cl)c2)n2ncnc2n1. The minimum absolute atomic E-state index is 0.263. The quantitative estimate of drug-likeness (QED) is 0.711. The second kappa shape index (κ2) is 6.72. The zero-order valence-electron chi connectivity index (χ0n) is 13.4. The summed E-state index contributed by atoms with van der Waals surface area (Å²) in [5.74, 6) is 1.14. The van der Waals surface area contributed by atoms with E-state index >= 15 is 0 Å². The third kappa shape index (κ3) is 3.48. The van der Waals surface area contributed by atoms with Crippen LogP contribution in [-0.4, -0.2) is 38.3 Å². The molecular formula is C16H18ClN5O2. The maximum atomic E-state index is 10.8. The first kappa shape index (κ1) is 16.6. The molecule has 3 rings (SSSR count). The van der Waals surface area contributed by atoms with E-state index in [-0.39, 0.29) is 6.54 Å². The number of anilines is 1. The van der Waals surface area contributed by atoms with E-state index in [0.717, 1.165) is 11.3 Å². The first-order chi connectivity index (χ1) is 11.5. The van der Waals surface area contributed by atoms with Crippen molar-refractivity contribution in [2.24, 2.45) is 0 Å². The van der Waals surface area contributed by atoms with Crippen molar-refractivity contribution in [3.63, 3.8) is 0 Å². The van der Waals surface area contributed by atoms with Crippen LogP contribution in [0, 0.1) is 0 Å².